The highest BCUT2D eigenvalue weighted by molar-refractivity contribution is 6.03. The molecule has 4 N–H and O–H groups in total. The fourth-order valence-corrected chi connectivity index (χ4v) is 7.22. The molecule has 2 fully saturated rings. The normalized spacial score (nSPS) is 14.3. The Morgan fingerprint density at radius 2 is 1.10 bits per heavy atom. The number of carbonyl (C=O) groups is 2. The van der Waals surface area contributed by atoms with Crippen molar-refractivity contribution < 1.29 is 14.3 Å². The van der Waals surface area contributed by atoms with Gasteiger partial charge in [-0.3, -0.25) is 18.4 Å². The molecule has 9 nitrogen and oxygen atoms in total. The zero-order valence-corrected chi connectivity index (χ0v) is 28.1. The van der Waals surface area contributed by atoms with E-state index in [-0.39, 0.29) is 23.0 Å². The number of aromatic nitrogens is 2. The number of esters is 2. The fourth-order valence-electron chi connectivity index (χ4n) is 7.22. The Bertz CT molecular complexity index is 2560. The van der Waals surface area contributed by atoms with Crippen molar-refractivity contribution in [2.45, 2.75) is 58.3 Å². The van der Waals surface area contributed by atoms with Gasteiger partial charge in [0.2, 0.25) is 0 Å². The third-order valence-electron chi connectivity index (χ3n) is 10.3. The monoisotopic (exact) mass is 664 g/mol. The predicted molar refractivity (Wildman–Crippen MR) is 195 cm³/mol. The van der Waals surface area contributed by atoms with Gasteiger partial charge in [-0.05, 0) is 157 Å². The molecule has 0 amide bonds. The van der Waals surface area contributed by atoms with Gasteiger partial charge in [0.25, 0.3) is 11.1 Å². The van der Waals surface area contributed by atoms with Gasteiger partial charge in [-0.2, -0.15) is 0 Å². The molecule has 2 aromatic carbocycles. The lowest BCUT2D eigenvalue weighted by atomic mass is 9.95. The van der Waals surface area contributed by atoms with Gasteiger partial charge in [0, 0.05) is 23.8 Å². The molecule has 0 spiro atoms. The van der Waals surface area contributed by atoms with Gasteiger partial charge in [-0.1, -0.05) is 18.2 Å². The Hall–Kier alpha value is -5.96. The van der Waals surface area contributed by atoms with Crippen molar-refractivity contribution in [3.63, 3.8) is 0 Å². The summed E-state index contributed by atoms with van der Waals surface area (Å²) < 4.78 is 8.28. The van der Waals surface area contributed by atoms with Crippen molar-refractivity contribution in [2.75, 3.05) is 11.5 Å². The zero-order chi connectivity index (χ0) is 35.0. The standard InChI is InChI=1S/C41H36N4O5/c1-21-18-27(10-13-35(21)43)30-15-17-45-37(23(30)3)32(26-6-7-26)20-34(39(45)47)41(49)50-40(48)33-19-31(25-4-5-25)36-22(2)29(14-16-44(36)38(33)46)24-8-11-28(42)12-9-24/h8-20,25-26H,4-7,42-43H2,1-3H3. The summed E-state index contributed by atoms with van der Waals surface area (Å²) in [5, 5.41) is 0. The maximum atomic E-state index is 13.8. The molecule has 2 aliphatic rings. The Morgan fingerprint density at radius 3 is 1.56 bits per heavy atom. The van der Waals surface area contributed by atoms with Gasteiger partial charge in [0.15, 0.2) is 0 Å². The van der Waals surface area contributed by atoms with E-state index in [0.717, 1.165) is 86.8 Å². The summed E-state index contributed by atoms with van der Waals surface area (Å²) in [6, 6.07) is 20.2. The van der Waals surface area contributed by atoms with Crippen molar-refractivity contribution in [2.24, 2.45) is 0 Å². The first kappa shape index (κ1) is 31.3. The second-order valence-electron chi connectivity index (χ2n) is 13.7. The molecule has 0 unspecified atom stereocenters. The summed E-state index contributed by atoms with van der Waals surface area (Å²) in [6.45, 7) is 5.88. The van der Waals surface area contributed by atoms with Crippen LogP contribution in [0.3, 0.4) is 0 Å². The van der Waals surface area contributed by atoms with Crippen molar-refractivity contribution in [3.8, 4) is 22.3 Å². The minimum Gasteiger partial charge on any atom is -0.399 e. The summed E-state index contributed by atoms with van der Waals surface area (Å²) >= 11 is 0. The summed E-state index contributed by atoms with van der Waals surface area (Å²) in [7, 11) is 0. The first-order chi connectivity index (χ1) is 24.0. The highest BCUT2D eigenvalue weighted by atomic mass is 16.6. The van der Waals surface area contributed by atoms with E-state index in [2.05, 4.69) is 0 Å². The second-order valence-corrected chi connectivity index (χ2v) is 13.7. The minimum atomic E-state index is -1.08. The van der Waals surface area contributed by atoms with Crippen LogP contribution in [0.5, 0.6) is 0 Å². The minimum absolute atomic E-state index is 0.169. The smallest absolute Gasteiger partial charge is 0.351 e. The van der Waals surface area contributed by atoms with Gasteiger partial charge >= 0.3 is 11.9 Å². The van der Waals surface area contributed by atoms with Crippen molar-refractivity contribution >= 4 is 34.3 Å². The van der Waals surface area contributed by atoms with Crippen LogP contribution >= 0.6 is 0 Å². The maximum absolute atomic E-state index is 13.8. The molecule has 50 heavy (non-hydrogen) atoms. The number of nitrogen functional groups attached to an aromatic ring is 2. The number of pyridine rings is 4. The van der Waals surface area contributed by atoms with Gasteiger partial charge in [-0.25, -0.2) is 9.59 Å². The van der Waals surface area contributed by atoms with Crippen molar-refractivity contribution in [1.29, 1.82) is 0 Å². The Kier molecular flexibility index (Phi) is 7.25. The lowest BCUT2D eigenvalue weighted by molar-refractivity contribution is 0.0395. The predicted octanol–water partition coefficient (Wildman–Crippen LogP) is 7.09. The number of hydrogen-bond acceptors (Lipinski definition) is 7. The molecule has 0 saturated heterocycles. The van der Waals surface area contributed by atoms with Crippen LogP contribution in [0, 0.1) is 20.8 Å². The average Bonchev–Trinajstić information content (AvgIpc) is 4.02. The lowest BCUT2D eigenvalue weighted by Crippen LogP contribution is -2.29. The molecule has 4 heterocycles. The average molecular weight is 665 g/mol. The number of ether oxygens (including phenoxy) is 1. The molecule has 2 aliphatic carbocycles. The van der Waals surface area contributed by atoms with Crippen LogP contribution in [0.25, 0.3) is 33.3 Å². The molecule has 0 bridgehead atoms. The number of aryl methyl sites for hydroxylation is 3. The number of nitrogens with two attached hydrogens (primary N) is 2. The topological polar surface area (TPSA) is 138 Å². The van der Waals surface area contributed by atoms with Crippen LogP contribution in [-0.2, 0) is 4.74 Å². The third kappa shape index (κ3) is 5.17. The first-order valence-corrected chi connectivity index (χ1v) is 16.9. The van der Waals surface area contributed by atoms with E-state index in [1.807, 2.05) is 75.4 Å². The van der Waals surface area contributed by atoms with Crippen LogP contribution in [0.2, 0.25) is 0 Å². The molecule has 9 heteroatoms. The number of hydrogen-bond donors (Lipinski definition) is 2. The van der Waals surface area contributed by atoms with Crippen molar-refractivity contribution in [3.05, 3.63) is 139 Å². The number of anilines is 2. The van der Waals surface area contributed by atoms with E-state index < -0.39 is 23.1 Å². The van der Waals surface area contributed by atoms with Gasteiger partial charge < -0.3 is 16.2 Å². The summed E-state index contributed by atoms with van der Waals surface area (Å²) in [5.74, 6) is -1.83. The molecule has 0 radical (unpaired) electrons. The molecule has 2 saturated carbocycles. The van der Waals surface area contributed by atoms with E-state index in [9.17, 15) is 19.2 Å². The third-order valence-corrected chi connectivity index (χ3v) is 10.3. The Labute approximate surface area is 287 Å². The second kappa shape index (κ2) is 11.6. The number of nitrogens with zero attached hydrogens (tertiary/aromatic N) is 2. The Morgan fingerprint density at radius 1 is 0.640 bits per heavy atom. The van der Waals surface area contributed by atoms with E-state index in [0.29, 0.717) is 11.4 Å². The van der Waals surface area contributed by atoms with Crippen LogP contribution < -0.4 is 22.6 Å². The highest BCUT2D eigenvalue weighted by Crippen LogP contribution is 2.45. The van der Waals surface area contributed by atoms with Gasteiger partial charge in [-0.15, -0.1) is 0 Å². The summed E-state index contributed by atoms with van der Waals surface area (Å²) in [6.07, 6.45) is 7.00. The first-order valence-electron chi connectivity index (χ1n) is 16.9. The SMILES string of the molecule is Cc1cc(-c2ccn3c(=O)c(C(=O)OC(=O)c4cc(C5CC5)c5c(C)c(-c6ccc(N)cc6)ccn5c4=O)cc(C4CC4)c3c2C)ccc1N. The zero-order valence-electron chi connectivity index (χ0n) is 28.1. The lowest BCUT2D eigenvalue weighted by Gasteiger charge is -2.17. The molecule has 8 rings (SSSR count). The van der Waals surface area contributed by atoms with E-state index in [4.69, 9.17) is 16.2 Å². The molecule has 0 atom stereocenters. The summed E-state index contributed by atoms with van der Waals surface area (Å²) in [5.41, 5.74) is 21.4. The van der Waals surface area contributed by atoms with Crippen molar-refractivity contribution in [1.82, 2.24) is 8.80 Å². The van der Waals surface area contributed by atoms with Gasteiger partial charge in [0.1, 0.15) is 11.1 Å². The van der Waals surface area contributed by atoms with Crippen LogP contribution in [0.4, 0.5) is 11.4 Å². The molecular formula is C41H36N4O5. The fraction of sp³-hybridized carbons (Fsp3) is 0.220. The molecular weight excluding hydrogens is 628 g/mol. The van der Waals surface area contributed by atoms with E-state index in [1.54, 1.807) is 24.5 Å². The van der Waals surface area contributed by atoms with Crippen LogP contribution in [0.15, 0.2) is 88.7 Å². The number of fused-ring (bicyclic) bond motifs is 2. The molecule has 250 valence electrons. The summed E-state index contributed by atoms with van der Waals surface area (Å²) in [4.78, 5) is 54.9. The largest absolute Gasteiger partial charge is 0.399 e. The van der Waals surface area contributed by atoms with E-state index in [1.165, 1.54) is 8.80 Å². The number of carbonyl (C=O) groups excluding carboxylic acids is 2. The molecule has 0 aliphatic heterocycles. The molecule has 6 aromatic rings. The quantitative estimate of drug-likeness (QED) is 0.110. The maximum Gasteiger partial charge on any atom is 0.351 e. The Balaban J connectivity index is 1.18. The number of benzene rings is 2. The van der Waals surface area contributed by atoms with Crippen LogP contribution in [-0.4, -0.2) is 20.7 Å². The van der Waals surface area contributed by atoms with Crippen LogP contribution in [0.1, 0.15) is 86.1 Å². The molecule has 4 aromatic heterocycles. The highest BCUT2D eigenvalue weighted by Gasteiger charge is 2.33. The van der Waals surface area contributed by atoms with E-state index >= 15 is 0 Å². The number of rotatable bonds is 6. The van der Waals surface area contributed by atoms with Gasteiger partial charge in [0.05, 0.1) is 11.0 Å².